The van der Waals surface area contributed by atoms with Crippen molar-refractivity contribution in [3.8, 4) is 0 Å². The number of carbonyl (C=O) groups excluding carboxylic acids is 1. The van der Waals surface area contributed by atoms with Crippen molar-refractivity contribution in [3.05, 3.63) is 23.8 Å². The van der Waals surface area contributed by atoms with E-state index in [2.05, 4.69) is 39.0 Å². The average molecular weight is 192 g/mol. The summed E-state index contributed by atoms with van der Waals surface area (Å²) in [4.78, 5) is 10.3. The molecule has 0 fully saturated rings. The molecular formula is C13H20O. The van der Waals surface area contributed by atoms with Crippen LogP contribution in [0.3, 0.4) is 0 Å². The lowest BCUT2D eigenvalue weighted by Crippen LogP contribution is -2.23. The minimum Gasteiger partial charge on any atom is -0.303 e. The van der Waals surface area contributed by atoms with E-state index in [4.69, 9.17) is 0 Å². The standard InChI is InChI=1S/C13H20O/c1-4-11-7-8-12(6-5-9-14)13(2,3)10-11/h7-10,12H,4-6H2,1-3H3. The van der Waals surface area contributed by atoms with Gasteiger partial charge in [0, 0.05) is 6.42 Å². The number of aldehydes is 1. The first kappa shape index (κ1) is 11.2. The van der Waals surface area contributed by atoms with Crippen molar-refractivity contribution in [2.45, 2.75) is 40.0 Å². The molecule has 1 aliphatic carbocycles. The smallest absolute Gasteiger partial charge is 0.120 e. The lowest BCUT2D eigenvalue weighted by Gasteiger charge is -2.33. The van der Waals surface area contributed by atoms with E-state index in [1.165, 1.54) is 5.57 Å². The molecule has 0 spiro atoms. The van der Waals surface area contributed by atoms with Gasteiger partial charge in [0.15, 0.2) is 0 Å². The van der Waals surface area contributed by atoms with E-state index in [1.54, 1.807) is 0 Å². The summed E-state index contributed by atoms with van der Waals surface area (Å²) in [5.41, 5.74) is 1.63. The van der Waals surface area contributed by atoms with Crippen LogP contribution in [0.1, 0.15) is 40.0 Å². The summed E-state index contributed by atoms with van der Waals surface area (Å²) in [5, 5.41) is 0. The van der Waals surface area contributed by atoms with Crippen LogP contribution in [0, 0.1) is 11.3 Å². The molecule has 78 valence electrons. The molecule has 0 radical (unpaired) electrons. The van der Waals surface area contributed by atoms with Crippen molar-refractivity contribution in [1.82, 2.24) is 0 Å². The fraction of sp³-hybridized carbons (Fsp3) is 0.615. The molecule has 0 aromatic carbocycles. The van der Waals surface area contributed by atoms with Crippen molar-refractivity contribution < 1.29 is 4.79 Å². The summed E-state index contributed by atoms with van der Waals surface area (Å²) < 4.78 is 0. The van der Waals surface area contributed by atoms with Crippen molar-refractivity contribution in [2.24, 2.45) is 11.3 Å². The van der Waals surface area contributed by atoms with Crippen molar-refractivity contribution in [3.63, 3.8) is 0 Å². The van der Waals surface area contributed by atoms with E-state index in [0.717, 1.165) is 19.1 Å². The average Bonchev–Trinajstić information content (AvgIpc) is 2.15. The zero-order chi connectivity index (χ0) is 10.6. The van der Waals surface area contributed by atoms with Crippen molar-refractivity contribution >= 4 is 6.29 Å². The van der Waals surface area contributed by atoms with Crippen LogP contribution in [0.5, 0.6) is 0 Å². The van der Waals surface area contributed by atoms with Crippen LogP contribution in [0.4, 0.5) is 0 Å². The predicted molar refractivity (Wildman–Crippen MR) is 60.1 cm³/mol. The van der Waals surface area contributed by atoms with Gasteiger partial charge in [-0.1, -0.05) is 44.6 Å². The molecule has 0 aromatic heterocycles. The molecular weight excluding hydrogens is 172 g/mol. The largest absolute Gasteiger partial charge is 0.303 e. The minimum atomic E-state index is 0.211. The summed E-state index contributed by atoms with van der Waals surface area (Å²) in [6, 6.07) is 0. The van der Waals surface area contributed by atoms with Crippen LogP contribution in [0.15, 0.2) is 23.8 Å². The van der Waals surface area contributed by atoms with Gasteiger partial charge >= 0.3 is 0 Å². The zero-order valence-corrected chi connectivity index (χ0v) is 9.42. The molecule has 0 N–H and O–H groups in total. The third-order valence-electron chi connectivity index (χ3n) is 3.06. The Bertz CT molecular complexity index is 258. The van der Waals surface area contributed by atoms with Crippen LogP contribution in [0.25, 0.3) is 0 Å². The fourth-order valence-electron chi connectivity index (χ4n) is 2.06. The number of rotatable bonds is 4. The molecule has 0 saturated carbocycles. The molecule has 1 heteroatoms. The number of carbonyl (C=O) groups is 1. The van der Waals surface area contributed by atoms with E-state index in [9.17, 15) is 4.79 Å². The third-order valence-corrected chi connectivity index (χ3v) is 3.06. The quantitative estimate of drug-likeness (QED) is 0.623. The van der Waals surface area contributed by atoms with Crippen LogP contribution in [-0.4, -0.2) is 6.29 Å². The van der Waals surface area contributed by atoms with Gasteiger partial charge in [-0.25, -0.2) is 0 Å². The Morgan fingerprint density at radius 3 is 2.71 bits per heavy atom. The second-order valence-corrected chi connectivity index (χ2v) is 4.60. The number of hydrogen-bond donors (Lipinski definition) is 0. The Balaban J connectivity index is 2.69. The normalized spacial score (nSPS) is 24.5. The summed E-state index contributed by atoms with van der Waals surface area (Å²) in [7, 11) is 0. The number of hydrogen-bond acceptors (Lipinski definition) is 1. The Kier molecular flexibility index (Phi) is 3.68. The van der Waals surface area contributed by atoms with E-state index in [-0.39, 0.29) is 5.41 Å². The minimum absolute atomic E-state index is 0.211. The van der Waals surface area contributed by atoms with Crippen molar-refractivity contribution in [1.29, 1.82) is 0 Å². The molecule has 14 heavy (non-hydrogen) atoms. The Morgan fingerprint density at radius 2 is 2.21 bits per heavy atom. The first-order valence-corrected chi connectivity index (χ1v) is 5.43. The highest BCUT2D eigenvalue weighted by Crippen LogP contribution is 2.37. The van der Waals surface area contributed by atoms with Gasteiger partial charge in [-0.2, -0.15) is 0 Å². The topological polar surface area (TPSA) is 17.1 Å². The van der Waals surface area contributed by atoms with Crippen LogP contribution >= 0.6 is 0 Å². The van der Waals surface area contributed by atoms with Gasteiger partial charge in [-0.05, 0) is 24.2 Å². The van der Waals surface area contributed by atoms with Gasteiger partial charge in [-0.15, -0.1) is 0 Å². The summed E-state index contributed by atoms with van der Waals surface area (Å²) in [6.07, 6.45) is 10.6. The Morgan fingerprint density at radius 1 is 1.50 bits per heavy atom. The van der Waals surface area contributed by atoms with E-state index >= 15 is 0 Å². The molecule has 1 unspecified atom stereocenters. The van der Waals surface area contributed by atoms with Gasteiger partial charge in [0.05, 0.1) is 0 Å². The second-order valence-electron chi connectivity index (χ2n) is 4.60. The maximum Gasteiger partial charge on any atom is 0.120 e. The zero-order valence-electron chi connectivity index (χ0n) is 9.42. The maximum absolute atomic E-state index is 10.3. The molecule has 0 bridgehead atoms. The molecule has 0 saturated heterocycles. The molecule has 1 nitrogen and oxygen atoms in total. The van der Waals surface area contributed by atoms with E-state index < -0.39 is 0 Å². The molecule has 0 amide bonds. The summed E-state index contributed by atoms with van der Waals surface area (Å²) >= 11 is 0. The predicted octanol–water partition coefficient (Wildman–Crippen LogP) is 3.51. The van der Waals surface area contributed by atoms with Crippen LogP contribution in [-0.2, 0) is 4.79 Å². The van der Waals surface area contributed by atoms with Gasteiger partial charge < -0.3 is 4.79 Å². The maximum atomic E-state index is 10.3. The second kappa shape index (κ2) is 4.59. The van der Waals surface area contributed by atoms with Gasteiger partial charge in [0.25, 0.3) is 0 Å². The first-order chi connectivity index (χ1) is 6.60. The highest BCUT2D eigenvalue weighted by molar-refractivity contribution is 5.49. The van der Waals surface area contributed by atoms with Gasteiger partial charge in [-0.3, -0.25) is 0 Å². The van der Waals surface area contributed by atoms with E-state index in [1.807, 2.05) is 0 Å². The lowest BCUT2D eigenvalue weighted by molar-refractivity contribution is -0.108. The molecule has 0 aromatic rings. The van der Waals surface area contributed by atoms with E-state index in [0.29, 0.717) is 12.3 Å². The number of allylic oxidation sites excluding steroid dienone is 4. The first-order valence-electron chi connectivity index (χ1n) is 5.43. The van der Waals surface area contributed by atoms with Crippen LogP contribution in [0.2, 0.25) is 0 Å². The third kappa shape index (κ3) is 2.57. The molecule has 0 heterocycles. The highest BCUT2D eigenvalue weighted by atomic mass is 16.1. The lowest BCUT2D eigenvalue weighted by atomic mass is 9.72. The molecule has 1 rings (SSSR count). The SMILES string of the molecule is CCC1=CC(C)(C)C(CCC=O)C=C1. The fourth-order valence-corrected chi connectivity index (χ4v) is 2.06. The van der Waals surface area contributed by atoms with Crippen LogP contribution < -0.4 is 0 Å². The molecule has 1 atom stereocenters. The monoisotopic (exact) mass is 192 g/mol. The van der Waals surface area contributed by atoms with Gasteiger partial charge in [0.1, 0.15) is 6.29 Å². The summed E-state index contributed by atoms with van der Waals surface area (Å²) in [6.45, 7) is 6.68. The Hall–Kier alpha value is -0.850. The summed E-state index contributed by atoms with van der Waals surface area (Å²) in [5.74, 6) is 0.517. The van der Waals surface area contributed by atoms with Gasteiger partial charge in [0.2, 0.25) is 0 Å². The van der Waals surface area contributed by atoms with Crippen molar-refractivity contribution in [2.75, 3.05) is 0 Å². The molecule has 1 aliphatic rings. The Labute approximate surface area is 86.9 Å². The molecule has 0 aliphatic heterocycles. The highest BCUT2D eigenvalue weighted by Gasteiger charge is 2.27.